The number of rotatable bonds is 5. The second-order valence-corrected chi connectivity index (χ2v) is 8.45. The van der Waals surface area contributed by atoms with Crippen LogP contribution >= 0.6 is 0 Å². The van der Waals surface area contributed by atoms with Crippen molar-refractivity contribution in [3.8, 4) is 5.75 Å². The Labute approximate surface area is 142 Å². The molecule has 0 N–H and O–H groups in total. The summed E-state index contributed by atoms with van der Waals surface area (Å²) in [6.45, 7) is 0. The number of esters is 1. The van der Waals surface area contributed by atoms with E-state index in [0.717, 1.165) is 11.1 Å². The normalized spacial score (nSPS) is 19.1. The molecule has 2 aromatic carbocycles. The summed E-state index contributed by atoms with van der Waals surface area (Å²) >= 11 is 0. The second kappa shape index (κ2) is 7.18. The maximum atomic E-state index is 12.2. The molecule has 0 spiro atoms. The minimum Gasteiger partial charge on any atom is -0.426 e. The van der Waals surface area contributed by atoms with Crippen molar-refractivity contribution in [2.24, 2.45) is 5.92 Å². The second-order valence-electron chi connectivity index (χ2n) is 6.22. The minimum atomic E-state index is -2.97. The number of carbonyl (C=O) groups is 1. The summed E-state index contributed by atoms with van der Waals surface area (Å²) in [6, 6.07) is 17.4. The molecular formula is C19H20O4S. The first-order chi connectivity index (χ1) is 11.5. The van der Waals surface area contributed by atoms with E-state index >= 15 is 0 Å². The summed E-state index contributed by atoms with van der Waals surface area (Å²) in [5.41, 5.74) is 2.08. The van der Waals surface area contributed by atoms with Crippen LogP contribution in [0.25, 0.3) is 0 Å². The predicted octanol–water partition coefficient (Wildman–Crippen LogP) is 3.01. The molecule has 0 amide bonds. The van der Waals surface area contributed by atoms with Crippen molar-refractivity contribution in [3.05, 3.63) is 65.7 Å². The molecule has 0 radical (unpaired) electrons. The molecule has 1 atom stereocenters. The van der Waals surface area contributed by atoms with Crippen molar-refractivity contribution >= 4 is 15.8 Å². The highest BCUT2D eigenvalue weighted by Gasteiger charge is 2.30. The highest BCUT2D eigenvalue weighted by Crippen LogP contribution is 2.25. The van der Waals surface area contributed by atoms with E-state index in [-0.39, 0.29) is 29.8 Å². The van der Waals surface area contributed by atoms with Gasteiger partial charge in [-0.25, -0.2) is 8.42 Å². The van der Waals surface area contributed by atoms with Crippen LogP contribution in [0.1, 0.15) is 24.0 Å². The molecule has 1 aliphatic heterocycles. The molecule has 0 aromatic heterocycles. The molecule has 126 valence electrons. The molecule has 2 aromatic rings. The number of hydrogen-bond acceptors (Lipinski definition) is 4. The van der Waals surface area contributed by atoms with Gasteiger partial charge in [-0.15, -0.1) is 0 Å². The average molecular weight is 344 g/mol. The molecule has 1 aliphatic rings. The van der Waals surface area contributed by atoms with E-state index in [4.69, 9.17) is 4.74 Å². The summed E-state index contributed by atoms with van der Waals surface area (Å²) in [4.78, 5) is 12.2. The molecule has 5 heteroatoms. The van der Waals surface area contributed by atoms with Crippen LogP contribution in [-0.2, 0) is 21.1 Å². The van der Waals surface area contributed by atoms with Crippen LogP contribution in [0.4, 0.5) is 0 Å². The summed E-state index contributed by atoms with van der Waals surface area (Å²) in [6.07, 6.45) is 1.38. The Morgan fingerprint density at radius 2 is 1.75 bits per heavy atom. The lowest BCUT2D eigenvalue weighted by Crippen LogP contribution is -2.16. The van der Waals surface area contributed by atoms with E-state index in [0.29, 0.717) is 18.6 Å². The van der Waals surface area contributed by atoms with Crippen LogP contribution in [0.15, 0.2) is 54.6 Å². The molecule has 1 unspecified atom stereocenters. The van der Waals surface area contributed by atoms with Crippen LogP contribution in [0, 0.1) is 5.92 Å². The van der Waals surface area contributed by atoms with Gasteiger partial charge < -0.3 is 4.74 Å². The quantitative estimate of drug-likeness (QED) is 0.618. The van der Waals surface area contributed by atoms with Gasteiger partial charge in [-0.05, 0) is 29.5 Å². The number of hydrogen-bond donors (Lipinski definition) is 0. The van der Waals surface area contributed by atoms with E-state index in [1.807, 2.05) is 48.5 Å². The van der Waals surface area contributed by atoms with Crippen molar-refractivity contribution in [3.63, 3.8) is 0 Å². The van der Waals surface area contributed by atoms with Gasteiger partial charge in [-0.1, -0.05) is 48.5 Å². The molecule has 1 saturated heterocycles. The molecule has 1 fully saturated rings. The minimum absolute atomic E-state index is 0.0910. The molecule has 1 heterocycles. The van der Waals surface area contributed by atoms with Gasteiger partial charge in [0.05, 0.1) is 11.5 Å². The first kappa shape index (κ1) is 16.7. The fourth-order valence-corrected chi connectivity index (χ4v) is 4.86. The predicted molar refractivity (Wildman–Crippen MR) is 92.7 cm³/mol. The highest BCUT2D eigenvalue weighted by atomic mass is 32.2. The van der Waals surface area contributed by atoms with Crippen LogP contribution in [0.2, 0.25) is 0 Å². The van der Waals surface area contributed by atoms with E-state index in [9.17, 15) is 13.2 Å². The third-order valence-corrected chi connectivity index (χ3v) is 6.05. The molecule has 24 heavy (non-hydrogen) atoms. The smallest absolute Gasteiger partial charge is 0.311 e. The average Bonchev–Trinajstić information content (AvgIpc) is 2.89. The fourth-order valence-electron chi connectivity index (χ4n) is 3.00. The zero-order valence-electron chi connectivity index (χ0n) is 13.4. The van der Waals surface area contributed by atoms with E-state index in [2.05, 4.69) is 0 Å². The van der Waals surface area contributed by atoms with Crippen LogP contribution < -0.4 is 4.74 Å². The largest absolute Gasteiger partial charge is 0.426 e. The molecule has 0 saturated carbocycles. The van der Waals surface area contributed by atoms with Gasteiger partial charge in [-0.3, -0.25) is 4.79 Å². The lowest BCUT2D eigenvalue weighted by Gasteiger charge is -2.12. The topological polar surface area (TPSA) is 60.4 Å². The molecular weight excluding hydrogens is 324 g/mol. The number of carbonyl (C=O) groups excluding carboxylic acids is 1. The molecule has 0 aliphatic carbocycles. The lowest BCUT2D eigenvalue weighted by molar-refractivity contribution is -0.135. The first-order valence-corrected chi connectivity index (χ1v) is 9.87. The summed E-state index contributed by atoms with van der Waals surface area (Å²) in [5.74, 6) is 0.331. The molecule has 3 rings (SSSR count). The number of para-hydroxylation sites is 1. The maximum Gasteiger partial charge on any atom is 0.311 e. The Balaban J connectivity index is 1.66. The van der Waals surface area contributed by atoms with Crippen LogP contribution in [-0.4, -0.2) is 25.9 Å². The number of ether oxygens (including phenoxy) is 1. The van der Waals surface area contributed by atoms with Gasteiger partial charge >= 0.3 is 5.97 Å². The highest BCUT2D eigenvalue weighted by molar-refractivity contribution is 7.91. The Kier molecular flexibility index (Phi) is 5.00. The Hall–Kier alpha value is -2.14. The number of sulfone groups is 1. The van der Waals surface area contributed by atoms with Crippen molar-refractivity contribution < 1.29 is 17.9 Å². The molecule has 0 bridgehead atoms. The zero-order valence-corrected chi connectivity index (χ0v) is 14.2. The Morgan fingerprint density at radius 1 is 1.04 bits per heavy atom. The van der Waals surface area contributed by atoms with Gasteiger partial charge in [0.15, 0.2) is 9.84 Å². The van der Waals surface area contributed by atoms with Crippen molar-refractivity contribution in [2.45, 2.75) is 19.3 Å². The Bertz CT molecular complexity index is 812. The fraction of sp³-hybridized carbons (Fsp3) is 0.316. The van der Waals surface area contributed by atoms with Crippen molar-refractivity contribution in [2.75, 3.05) is 11.5 Å². The van der Waals surface area contributed by atoms with Gasteiger partial charge in [0.25, 0.3) is 0 Å². The third kappa shape index (κ3) is 4.45. The van der Waals surface area contributed by atoms with Gasteiger partial charge in [0.1, 0.15) is 5.75 Å². The van der Waals surface area contributed by atoms with E-state index in [1.54, 1.807) is 6.07 Å². The van der Waals surface area contributed by atoms with Gasteiger partial charge in [0, 0.05) is 12.8 Å². The number of benzene rings is 2. The van der Waals surface area contributed by atoms with E-state index in [1.165, 1.54) is 0 Å². The first-order valence-electron chi connectivity index (χ1n) is 8.05. The summed E-state index contributed by atoms with van der Waals surface area (Å²) in [7, 11) is -2.97. The SMILES string of the molecule is O=C(CC1CCS(=O)(=O)C1)Oc1ccccc1Cc1ccccc1. The van der Waals surface area contributed by atoms with Gasteiger partial charge in [0.2, 0.25) is 0 Å². The molecule has 4 nitrogen and oxygen atoms in total. The summed E-state index contributed by atoms with van der Waals surface area (Å²) in [5, 5.41) is 0. The van der Waals surface area contributed by atoms with Crippen molar-refractivity contribution in [1.82, 2.24) is 0 Å². The monoisotopic (exact) mass is 344 g/mol. The third-order valence-electron chi connectivity index (χ3n) is 4.22. The van der Waals surface area contributed by atoms with Gasteiger partial charge in [-0.2, -0.15) is 0 Å². The zero-order chi connectivity index (χ0) is 17.0. The Morgan fingerprint density at radius 3 is 2.46 bits per heavy atom. The lowest BCUT2D eigenvalue weighted by atomic mass is 10.0. The maximum absolute atomic E-state index is 12.2. The summed E-state index contributed by atoms with van der Waals surface area (Å²) < 4.78 is 28.5. The van der Waals surface area contributed by atoms with E-state index < -0.39 is 9.84 Å². The van der Waals surface area contributed by atoms with Crippen molar-refractivity contribution in [1.29, 1.82) is 0 Å². The standard InChI is InChI=1S/C19H20O4S/c20-19(13-16-10-11-24(21,22)14-16)23-18-9-5-4-8-17(18)12-15-6-2-1-3-7-15/h1-9,16H,10-14H2. The van der Waals surface area contributed by atoms with Crippen LogP contribution in [0.3, 0.4) is 0 Å². The van der Waals surface area contributed by atoms with Crippen LogP contribution in [0.5, 0.6) is 5.75 Å².